The normalized spacial score (nSPS) is 36.7. The molecule has 0 aromatic rings. The fourth-order valence-corrected chi connectivity index (χ4v) is 0.768. The monoisotopic (exact) mass is 132 g/mol. The molecule has 54 valence electrons. The third kappa shape index (κ3) is 1.64. The first-order valence-electron chi connectivity index (χ1n) is 3.09. The molecule has 0 bridgehead atoms. The van der Waals surface area contributed by atoms with Gasteiger partial charge in [0.15, 0.2) is 0 Å². The van der Waals surface area contributed by atoms with Crippen molar-refractivity contribution < 1.29 is 14.6 Å². The Bertz CT molecular complexity index is 86.3. The topological polar surface area (TPSA) is 38.7 Å². The van der Waals surface area contributed by atoms with E-state index in [4.69, 9.17) is 14.6 Å². The van der Waals surface area contributed by atoms with Gasteiger partial charge in [0.05, 0.1) is 26.4 Å². The fourth-order valence-electron chi connectivity index (χ4n) is 0.768. The van der Waals surface area contributed by atoms with E-state index >= 15 is 0 Å². The average Bonchev–Trinajstić information content (AvgIpc) is 1.90. The summed E-state index contributed by atoms with van der Waals surface area (Å²) in [5.74, 6) is 0. The van der Waals surface area contributed by atoms with Gasteiger partial charge < -0.3 is 14.6 Å². The van der Waals surface area contributed by atoms with E-state index in [0.717, 1.165) is 0 Å². The average molecular weight is 132 g/mol. The first kappa shape index (κ1) is 6.99. The zero-order valence-corrected chi connectivity index (χ0v) is 5.59. The van der Waals surface area contributed by atoms with Crippen molar-refractivity contribution in [3.63, 3.8) is 0 Å². The molecule has 0 spiro atoms. The van der Waals surface area contributed by atoms with Crippen LogP contribution in [-0.4, -0.2) is 37.1 Å². The van der Waals surface area contributed by atoms with E-state index in [2.05, 4.69) is 0 Å². The molecule has 1 heterocycles. The predicted molar refractivity (Wildman–Crippen MR) is 32.3 cm³/mol. The molecule has 3 nitrogen and oxygen atoms in total. The van der Waals surface area contributed by atoms with Gasteiger partial charge >= 0.3 is 0 Å². The fraction of sp³-hybridized carbons (Fsp3) is 1.00. The molecule has 0 aliphatic carbocycles. The van der Waals surface area contributed by atoms with Gasteiger partial charge in [0.2, 0.25) is 0 Å². The van der Waals surface area contributed by atoms with Crippen LogP contribution in [0.5, 0.6) is 0 Å². The third-order valence-corrected chi connectivity index (χ3v) is 1.42. The van der Waals surface area contributed by atoms with Crippen LogP contribution in [0.4, 0.5) is 0 Å². The Labute approximate surface area is 54.6 Å². The zero-order chi connectivity index (χ0) is 6.74. The summed E-state index contributed by atoms with van der Waals surface area (Å²) in [6.07, 6.45) is 0. The zero-order valence-electron chi connectivity index (χ0n) is 5.59. The van der Waals surface area contributed by atoms with Gasteiger partial charge in [-0.15, -0.1) is 0 Å². The SMILES string of the molecule is C[C@]1(CO)COCCO1. The van der Waals surface area contributed by atoms with Crippen molar-refractivity contribution in [2.45, 2.75) is 12.5 Å². The van der Waals surface area contributed by atoms with Crippen molar-refractivity contribution in [2.75, 3.05) is 26.4 Å². The highest BCUT2D eigenvalue weighted by Crippen LogP contribution is 2.13. The summed E-state index contributed by atoms with van der Waals surface area (Å²) < 4.78 is 10.3. The minimum absolute atomic E-state index is 0.0347. The standard InChI is InChI=1S/C6H12O3/c1-6(4-7)5-8-2-3-9-6/h7H,2-5H2,1H3/t6-/m0/s1. The molecule has 1 N–H and O–H groups in total. The number of aliphatic hydroxyl groups is 1. The summed E-state index contributed by atoms with van der Waals surface area (Å²) in [6, 6.07) is 0. The maximum absolute atomic E-state index is 8.75. The van der Waals surface area contributed by atoms with Crippen LogP contribution in [0.15, 0.2) is 0 Å². The summed E-state index contributed by atoms with van der Waals surface area (Å²) in [6.45, 7) is 3.62. The van der Waals surface area contributed by atoms with E-state index in [1.165, 1.54) is 0 Å². The number of hydrogen-bond donors (Lipinski definition) is 1. The number of hydrogen-bond acceptors (Lipinski definition) is 3. The van der Waals surface area contributed by atoms with E-state index < -0.39 is 5.60 Å². The highest BCUT2D eigenvalue weighted by molar-refractivity contribution is 4.75. The van der Waals surface area contributed by atoms with Crippen molar-refractivity contribution in [3.05, 3.63) is 0 Å². The minimum atomic E-state index is -0.446. The van der Waals surface area contributed by atoms with Crippen LogP contribution in [0, 0.1) is 0 Å². The van der Waals surface area contributed by atoms with Gasteiger partial charge in [-0.05, 0) is 6.92 Å². The molecule has 0 aromatic heterocycles. The molecule has 9 heavy (non-hydrogen) atoms. The summed E-state index contributed by atoms with van der Waals surface area (Å²) in [5.41, 5.74) is -0.446. The van der Waals surface area contributed by atoms with Gasteiger partial charge in [0.25, 0.3) is 0 Å². The minimum Gasteiger partial charge on any atom is -0.393 e. The van der Waals surface area contributed by atoms with Gasteiger partial charge in [-0.1, -0.05) is 0 Å². The molecule has 1 fully saturated rings. The van der Waals surface area contributed by atoms with E-state index in [0.29, 0.717) is 19.8 Å². The van der Waals surface area contributed by atoms with Crippen LogP contribution in [0.2, 0.25) is 0 Å². The summed E-state index contributed by atoms with van der Waals surface area (Å²) in [7, 11) is 0. The van der Waals surface area contributed by atoms with Crippen LogP contribution in [0.1, 0.15) is 6.92 Å². The van der Waals surface area contributed by atoms with Crippen LogP contribution in [-0.2, 0) is 9.47 Å². The van der Waals surface area contributed by atoms with E-state index in [1.807, 2.05) is 6.92 Å². The number of rotatable bonds is 1. The molecule has 0 saturated carbocycles. The number of ether oxygens (including phenoxy) is 2. The lowest BCUT2D eigenvalue weighted by Crippen LogP contribution is -2.43. The molecular formula is C6H12O3. The maximum atomic E-state index is 8.75. The molecule has 1 aliphatic rings. The summed E-state index contributed by atoms with van der Waals surface area (Å²) in [5, 5.41) is 8.75. The Morgan fingerprint density at radius 2 is 2.33 bits per heavy atom. The van der Waals surface area contributed by atoms with Crippen molar-refractivity contribution in [2.24, 2.45) is 0 Å². The second-order valence-corrected chi connectivity index (χ2v) is 2.51. The molecule has 0 aromatic carbocycles. The van der Waals surface area contributed by atoms with Crippen molar-refractivity contribution in [3.8, 4) is 0 Å². The molecule has 3 heteroatoms. The first-order valence-corrected chi connectivity index (χ1v) is 3.09. The molecule has 0 radical (unpaired) electrons. The summed E-state index contributed by atoms with van der Waals surface area (Å²) >= 11 is 0. The molecular weight excluding hydrogens is 120 g/mol. The smallest absolute Gasteiger partial charge is 0.112 e. The van der Waals surface area contributed by atoms with Gasteiger partial charge in [-0.2, -0.15) is 0 Å². The highest BCUT2D eigenvalue weighted by atomic mass is 16.6. The summed E-state index contributed by atoms with van der Waals surface area (Å²) in [4.78, 5) is 0. The largest absolute Gasteiger partial charge is 0.393 e. The Hall–Kier alpha value is -0.120. The van der Waals surface area contributed by atoms with Crippen molar-refractivity contribution >= 4 is 0 Å². The molecule has 1 aliphatic heterocycles. The quantitative estimate of drug-likeness (QED) is 0.536. The Morgan fingerprint density at radius 3 is 2.67 bits per heavy atom. The lowest BCUT2D eigenvalue weighted by molar-refractivity contribution is -0.164. The highest BCUT2D eigenvalue weighted by Gasteiger charge is 2.27. The van der Waals surface area contributed by atoms with Crippen molar-refractivity contribution in [1.82, 2.24) is 0 Å². The third-order valence-electron chi connectivity index (χ3n) is 1.42. The second kappa shape index (κ2) is 2.64. The van der Waals surface area contributed by atoms with E-state index in [9.17, 15) is 0 Å². The van der Waals surface area contributed by atoms with Gasteiger partial charge in [-0.25, -0.2) is 0 Å². The van der Waals surface area contributed by atoms with E-state index in [1.54, 1.807) is 0 Å². The second-order valence-electron chi connectivity index (χ2n) is 2.51. The lowest BCUT2D eigenvalue weighted by atomic mass is 10.1. The van der Waals surface area contributed by atoms with Gasteiger partial charge in [0, 0.05) is 0 Å². The van der Waals surface area contributed by atoms with Crippen molar-refractivity contribution in [1.29, 1.82) is 0 Å². The van der Waals surface area contributed by atoms with Crippen LogP contribution >= 0.6 is 0 Å². The van der Waals surface area contributed by atoms with E-state index in [-0.39, 0.29) is 6.61 Å². The molecule has 0 unspecified atom stereocenters. The molecule has 1 rings (SSSR count). The Kier molecular flexibility index (Phi) is 2.05. The van der Waals surface area contributed by atoms with Crippen LogP contribution in [0.25, 0.3) is 0 Å². The molecule has 1 atom stereocenters. The lowest BCUT2D eigenvalue weighted by Gasteiger charge is -2.31. The molecule has 1 saturated heterocycles. The Balaban J connectivity index is 2.37. The Morgan fingerprint density at radius 1 is 1.56 bits per heavy atom. The van der Waals surface area contributed by atoms with Crippen LogP contribution < -0.4 is 0 Å². The first-order chi connectivity index (χ1) is 4.27. The van der Waals surface area contributed by atoms with Crippen LogP contribution in [0.3, 0.4) is 0 Å². The van der Waals surface area contributed by atoms with Gasteiger partial charge in [0.1, 0.15) is 5.60 Å². The molecule has 0 amide bonds. The maximum Gasteiger partial charge on any atom is 0.112 e. The van der Waals surface area contributed by atoms with Gasteiger partial charge in [-0.3, -0.25) is 0 Å². The predicted octanol–water partition coefficient (Wildman–Crippen LogP) is -0.216. The number of aliphatic hydroxyl groups excluding tert-OH is 1.